The molecule has 0 aromatic heterocycles. The van der Waals surface area contributed by atoms with Crippen LogP contribution in [0.5, 0.6) is 0 Å². The van der Waals surface area contributed by atoms with E-state index in [-0.39, 0.29) is 0 Å². The molecule has 1 rings (SSSR count). The fraction of sp³-hybridized carbons (Fsp3) is 0.800. The number of hydrogen-bond donors (Lipinski definition) is 1. The summed E-state index contributed by atoms with van der Waals surface area (Å²) in [6.45, 7) is -0.424. The Bertz CT molecular complexity index is 239. The van der Waals surface area contributed by atoms with E-state index in [0.717, 1.165) is 25.7 Å². The van der Waals surface area contributed by atoms with Gasteiger partial charge in [0, 0.05) is 6.42 Å². The van der Waals surface area contributed by atoms with Gasteiger partial charge in [0.15, 0.2) is 0 Å². The second kappa shape index (κ2) is 6.08. The fourth-order valence-electron chi connectivity index (χ4n) is 1.95. The van der Waals surface area contributed by atoms with Gasteiger partial charge in [-0.05, 0) is 30.4 Å². The molecule has 1 amide bonds. The number of carbonyl (C=O) groups is 2. The lowest BCUT2D eigenvalue weighted by molar-refractivity contribution is -0.168. The average Bonchev–Trinajstić information content (AvgIpc) is 2.18. The van der Waals surface area contributed by atoms with Gasteiger partial charge in [-0.1, -0.05) is 19.3 Å². The molecule has 0 heterocycles. The summed E-state index contributed by atoms with van der Waals surface area (Å²) in [4.78, 5) is 21.9. The van der Waals surface area contributed by atoms with Crippen molar-refractivity contribution >= 4 is 22.8 Å². The third-order valence-electron chi connectivity index (χ3n) is 2.75. The summed E-state index contributed by atoms with van der Waals surface area (Å²) in [6, 6.07) is 0. The lowest BCUT2D eigenvalue weighted by atomic mass is 9.87. The Kier molecular flexibility index (Phi) is 5.05. The number of rotatable bonds is 4. The first-order valence-corrected chi connectivity index (χ1v) is 5.65. The van der Waals surface area contributed by atoms with Crippen LogP contribution in [0.25, 0.3) is 0 Å². The van der Waals surface area contributed by atoms with Gasteiger partial charge < -0.3 is 0 Å². The zero-order valence-corrected chi connectivity index (χ0v) is 9.37. The third kappa shape index (κ3) is 4.62. The largest absolute Gasteiger partial charge is 0.285 e. The molecule has 1 saturated carbocycles. The molecule has 0 unspecified atom stereocenters. The second-order valence-corrected chi connectivity index (χ2v) is 4.44. The second-order valence-electron chi connectivity index (χ2n) is 4.01. The Labute approximate surface area is 94.2 Å². The van der Waals surface area contributed by atoms with Crippen LogP contribution in [0.2, 0.25) is 0 Å². The predicted octanol–water partition coefficient (Wildman–Crippen LogP) is 1.94. The van der Waals surface area contributed by atoms with E-state index in [1.165, 1.54) is 6.42 Å². The van der Waals surface area contributed by atoms with Crippen molar-refractivity contribution in [1.29, 1.82) is 0 Å². The molecule has 0 bridgehead atoms. The highest BCUT2D eigenvalue weighted by Crippen LogP contribution is 2.26. The molecule has 5 heteroatoms. The molecule has 0 spiro atoms. The van der Waals surface area contributed by atoms with E-state index in [0.29, 0.717) is 17.4 Å². The molecule has 0 aromatic rings. The number of amides is 1. The average molecular weight is 234 g/mol. The first kappa shape index (κ1) is 12.5. The molecule has 0 aliphatic heterocycles. The molecule has 0 radical (unpaired) electrons. The standard InChI is InChI=1S/C10H16ClNO3/c11-9(13)7-12(15)10(14)6-8-4-2-1-3-5-8/h8,15H,1-7H2. The number of carbonyl (C=O) groups excluding carboxylic acids is 2. The Hall–Kier alpha value is -0.610. The molecule has 0 atom stereocenters. The van der Waals surface area contributed by atoms with Crippen molar-refractivity contribution in [2.75, 3.05) is 6.54 Å². The van der Waals surface area contributed by atoms with Gasteiger partial charge in [0.05, 0.1) is 0 Å². The van der Waals surface area contributed by atoms with Gasteiger partial charge in [-0.3, -0.25) is 14.8 Å². The van der Waals surface area contributed by atoms with Crippen LogP contribution in [0, 0.1) is 5.92 Å². The van der Waals surface area contributed by atoms with E-state index in [1.807, 2.05) is 0 Å². The zero-order chi connectivity index (χ0) is 11.3. The van der Waals surface area contributed by atoms with Crippen LogP contribution in [0.3, 0.4) is 0 Å². The molecule has 0 saturated heterocycles. The van der Waals surface area contributed by atoms with Crippen molar-refractivity contribution < 1.29 is 14.8 Å². The molecular formula is C10H16ClNO3. The highest BCUT2D eigenvalue weighted by Gasteiger charge is 2.21. The van der Waals surface area contributed by atoms with E-state index >= 15 is 0 Å². The number of halogens is 1. The maximum absolute atomic E-state index is 11.4. The maximum atomic E-state index is 11.4. The zero-order valence-electron chi connectivity index (χ0n) is 8.62. The van der Waals surface area contributed by atoms with Crippen molar-refractivity contribution in [2.45, 2.75) is 38.5 Å². The minimum atomic E-state index is -0.727. The molecular weight excluding hydrogens is 218 g/mol. The maximum Gasteiger partial charge on any atom is 0.246 e. The Morgan fingerprint density at radius 3 is 2.40 bits per heavy atom. The summed E-state index contributed by atoms with van der Waals surface area (Å²) in [5.41, 5.74) is 0. The normalized spacial score (nSPS) is 17.5. The highest BCUT2D eigenvalue weighted by atomic mass is 35.5. The van der Waals surface area contributed by atoms with Gasteiger partial charge in [-0.15, -0.1) is 0 Å². The van der Waals surface area contributed by atoms with Crippen LogP contribution in [0.4, 0.5) is 0 Å². The SMILES string of the molecule is O=C(Cl)CN(O)C(=O)CC1CCCCC1. The summed E-state index contributed by atoms with van der Waals surface area (Å²) in [6.07, 6.45) is 5.92. The Morgan fingerprint density at radius 2 is 1.87 bits per heavy atom. The van der Waals surface area contributed by atoms with Crippen LogP contribution in [-0.4, -0.2) is 28.0 Å². The van der Waals surface area contributed by atoms with Crippen LogP contribution < -0.4 is 0 Å². The number of hydroxylamine groups is 2. The topological polar surface area (TPSA) is 57.6 Å². The van der Waals surface area contributed by atoms with Gasteiger partial charge in [0.1, 0.15) is 6.54 Å². The monoisotopic (exact) mass is 233 g/mol. The van der Waals surface area contributed by atoms with Gasteiger partial charge in [-0.25, -0.2) is 5.06 Å². The molecule has 86 valence electrons. The molecule has 1 aliphatic rings. The van der Waals surface area contributed by atoms with Crippen molar-refractivity contribution in [3.05, 3.63) is 0 Å². The molecule has 0 aromatic carbocycles. The molecule has 1 N–H and O–H groups in total. The van der Waals surface area contributed by atoms with Crippen molar-refractivity contribution in [1.82, 2.24) is 5.06 Å². The van der Waals surface area contributed by atoms with Gasteiger partial charge in [0.2, 0.25) is 11.1 Å². The van der Waals surface area contributed by atoms with Crippen molar-refractivity contribution in [2.24, 2.45) is 5.92 Å². The first-order chi connectivity index (χ1) is 7.09. The van der Waals surface area contributed by atoms with E-state index in [9.17, 15) is 14.8 Å². The lowest BCUT2D eigenvalue weighted by Crippen LogP contribution is -2.32. The number of nitrogens with zero attached hydrogens (tertiary/aromatic N) is 1. The summed E-state index contributed by atoms with van der Waals surface area (Å²) in [7, 11) is 0. The van der Waals surface area contributed by atoms with Gasteiger partial charge in [0.25, 0.3) is 0 Å². The minimum absolute atomic E-state index is 0.320. The fourth-order valence-corrected chi connectivity index (χ4v) is 2.06. The molecule has 15 heavy (non-hydrogen) atoms. The Balaban J connectivity index is 2.30. The third-order valence-corrected chi connectivity index (χ3v) is 2.87. The summed E-state index contributed by atoms with van der Waals surface area (Å²) in [5.74, 6) is -0.0535. The van der Waals surface area contributed by atoms with E-state index < -0.39 is 17.7 Å². The minimum Gasteiger partial charge on any atom is -0.285 e. The first-order valence-electron chi connectivity index (χ1n) is 5.27. The van der Waals surface area contributed by atoms with Crippen LogP contribution in [-0.2, 0) is 9.59 Å². The van der Waals surface area contributed by atoms with Gasteiger partial charge >= 0.3 is 0 Å². The molecule has 1 fully saturated rings. The van der Waals surface area contributed by atoms with Crippen LogP contribution in [0.1, 0.15) is 38.5 Å². The van der Waals surface area contributed by atoms with Crippen LogP contribution in [0.15, 0.2) is 0 Å². The van der Waals surface area contributed by atoms with Crippen molar-refractivity contribution in [3.63, 3.8) is 0 Å². The lowest BCUT2D eigenvalue weighted by Gasteiger charge is -2.22. The van der Waals surface area contributed by atoms with Crippen molar-refractivity contribution in [3.8, 4) is 0 Å². The smallest absolute Gasteiger partial charge is 0.246 e. The predicted molar refractivity (Wildman–Crippen MR) is 55.6 cm³/mol. The van der Waals surface area contributed by atoms with E-state index in [4.69, 9.17) is 11.6 Å². The van der Waals surface area contributed by atoms with Gasteiger partial charge in [-0.2, -0.15) is 0 Å². The van der Waals surface area contributed by atoms with E-state index in [1.54, 1.807) is 0 Å². The number of hydrogen-bond acceptors (Lipinski definition) is 3. The molecule has 4 nitrogen and oxygen atoms in total. The highest BCUT2D eigenvalue weighted by molar-refractivity contribution is 6.64. The summed E-state index contributed by atoms with van der Waals surface area (Å²) >= 11 is 5.07. The molecule has 1 aliphatic carbocycles. The summed E-state index contributed by atoms with van der Waals surface area (Å²) < 4.78 is 0. The quantitative estimate of drug-likeness (QED) is 0.459. The Morgan fingerprint density at radius 1 is 1.27 bits per heavy atom. The van der Waals surface area contributed by atoms with Crippen LogP contribution >= 0.6 is 11.6 Å². The summed E-state index contributed by atoms with van der Waals surface area (Å²) in [5, 5.41) is 8.89. The van der Waals surface area contributed by atoms with E-state index in [2.05, 4.69) is 0 Å².